The Hall–Kier alpha value is -5.27. The molecule has 0 radical (unpaired) electrons. The van der Waals surface area contributed by atoms with Gasteiger partial charge in [-0.1, -0.05) is 66.7 Å². The molecule has 0 aliphatic carbocycles. The second-order valence-electron chi connectivity index (χ2n) is 14.9. The highest BCUT2D eigenvalue weighted by atomic mass is 16.5. The van der Waals surface area contributed by atoms with Gasteiger partial charge in [0.2, 0.25) is 23.6 Å². The van der Waals surface area contributed by atoms with Crippen molar-refractivity contribution in [2.24, 2.45) is 0 Å². The van der Waals surface area contributed by atoms with Gasteiger partial charge in [0.15, 0.2) is 0 Å². The predicted octanol–water partition coefficient (Wildman–Crippen LogP) is 2.97. The van der Waals surface area contributed by atoms with Gasteiger partial charge in [-0.3, -0.25) is 28.9 Å². The van der Waals surface area contributed by atoms with E-state index in [9.17, 15) is 24.0 Å². The molecule has 1 saturated heterocycles. The van der Waals surface area contributed by atoms with Crippen LogP contribution in [-0.2, 0) is 43.4 Å². The first-order valence-electron chi connectivity index (χ1n) is 19.0. The first kappa shape index (κ1) is 40.9. The van der Waals surface area contributed by atoms with E-state index in [1.165, 1.54) is 0 Å². The molecule has 5 amide bonds. The number of fused-ring (bicyclic) bond motifs is 1. The summed E-state index contributed by atoms with van der Waals surface area (Å²) in [7, 11) is 1.66. The average molecular weight is 755 g/mol. The predicted molar refractivity (Wildman–Crippen MR) is 208 cm³/mol. The molecule has 1 fully saturated rings. The third-order valence-corrected chi connectivity index (χ3v) is 9.95. The van der Waals surface area contributed by atoms with Crippen molar-refractivity contribution in [2.75, 3.05) is 40.0 Å². The highest BCUT2D eigenvalue weighted by Gasteiger charge is 2.31. The van der Waals surface area contributed by atoms with E-state index in [2.05, 4.69) is 26.2 Å². The highest BCUT2D eigenvalue weighted by molar-refractivity contribution is 5.99. The number of benzene rings is 3. The van der Waals surface area contributed by atoms with Crippen LogP contribution in [0, 0.1) is 0 Å². The molecule has 13 heteroatoms. The van der Waals surface area contributed by atoms with Gasteiger partial charge in [-0.25, -0.2) is 0 Å². The van der Waals surface area contributed by atoms with Gasteiger partial charge in [0.1, 0.15) is 24.4 Å². The summed E-state index contributed by atoms with van der Waals surface area (Å²) in [5, 5.41) is 11.5. The second-order valence-corrected chi connectivity index (χ2v) is 14.9. The lowest BCUT2D eigenvalue weighted by Gasteiger charge is -2.31. The number of ether oxygens (including phenoxy) is 2. The Bertz CT molecular complexity index is 1800. The van der Waals surface area contributed by atoms with Gasteiger partial charge in [0.25, 0.3) is 5.91 Å². The van der Waals surface area contributed by atoms with Crippen LogP contribution in [0.25, 0.3) is 0 Å². The quantitative estimate of drug-likeness (QED) is 0.287. The molecule has 13 nitrogen and oxygen atoms in total. The molecule has 0 unspecified atom stereocenters. The van der Waals surface area contributed by atoms with Crippen LogP contribution in [0.3, 0.4) is 0 Å². The summed E-state index contributed by atoms with van der Waals surface area (Å²) in [5.41, 5.74) is 2.24. The van der Waals surface area contributed by atoms with E-state index < -0.39 is 47.3 Å². The summed E-state index contributed by atoms with van der Waals surface area (Å²) in [5.74, 6) is -1.83. The SMILES string of the molecule is C[C@@H]1NC(=O)CC(C)(C)NC(=O)CC[C@@H](C(=O)NCc2ccccc2CN2CCOCC2)NC(=O)c2ccccc2OC[C@H](Cc2ccccc2)N(C)C1=O. The first-order chi connectivity index (χ1) is 26.4. The highest BCUT2D eigenvalue weighted by Crippen LogP contribution is 2.21. The summed E-state index contributed by atoms with van der Waals surface area (Å²) in [6.07, 6.45) is 0.265. The molecule has 2 aliphatic heterocycles. The summed E-state index contributed by atoms with van der Waals surface area (Å²) < 4.78 is 11.8. The Morgan fingerprint density at radius 3 is 2.29 bits per heavy atom. The first-order valence-corrected chi connectivity index (χ1v) is 19.0. The molecule has 3 aromatic carbocycles. The van der Waals surface area contributed by atoms with Crippen molar-refractivity contribution in [2.45, 2.75) is 83.2 Å². The van der Waals surface area contributed by atoms with Gasteiger partial charge in [-0.05, 0) is 62.4 Å². The van der Waals surface area contributed by atoms with Crippen LogP contribution < -0.4 is 26.0 Å². The summed E-state index contributed by atoms with van der Waals surface area (Å²) >= 11 is 0. The Labute approximate surface area is 323 Å². The zero-order valence-electron chi connectivity index (χ0n) is 32.3. The van der Waals surface area contributed by atoms with E-state index in [-0.39, 0.29) is 49.6 Å². The maximum Gasteiger partial charge on any atom is 0.255 e. The van der Waals surface area contributed by atoms with Crippen molar-refractivity contribution in [1.29, 1.82) is 0 Å². The minimum Gasteiger partial charge on any atom is -0.491 e. The van der Waals surface area contributed by atoms with Crippen molar-refractivity contribution in [3.63, 3.8) is 0 Å². The van der Waals surface area contributed by atoms with Crippen molar-refractivity contribution in [3.05, 3.63) is 101 Å². The van der Waals surface area contributed by atoms with E-state index in [1.807, 2.05) is 54.6 Å². The fraction of sp³-hybridized carbons (Fsp3) is 0.452. The topological polar surface area (TPSA) is 158 Å². The van der Waals surface area contributed by atoms with Gasteiger partial charge in [-0.15, -0.1) is 0 Å². The van der Waals surface area contributed by atoms with Crippen LogP contribution in [0.2, 0.25) is 0 Å². The van der Waals surface area contributed by atoms with Crippen molar-refractivity contribution < 1.29 is 33.4 Å². The largest absolute Gasteiger partial charge is 0.491 e. The van der Waals surface area contributed by atoms with Crippen molar-refractivity contribution in [3.8, 4) is 5.75 Å². The molecular weight excluding hydrogens is 700 g/mol. The molecule has 0 aromatic heterocycles. The number of nitrogens with one attached hydrogen (secondary N) is 4. The van der Waals surface area contributed by atoms with Crippen molar-refractivity contribution in [1.82, 2.24) is 31.1 Å². The average Bonchev–Trinajstić information content (AvgIpc) is 3.17. The van der Waals surface area contributed by atoms with Crippen LogP contribution in [0.1, 0.15) is 67.1 Å². The van der Waals surface area contributed by atoms with E-state index in [0.29, 0.717) is 19.6 Å². The molecule has 3 aromatic rings. The summed E-state index contributed by atoms with van der Waals surface area (Å²) in [6.45, 7) is 9.05. The van der Waals surface area contributed by atoms with Crippen LogP contribution in [0.5, 0.6) is 5.75 Å². The van der Waals surface area contributed by atoms with Crippen LogP contribution >= 0.6 is 0 Å². The number of para-hydroxylation sites is 1. The van der Waals surface area contributed by atoms with Crippen LogP contribution in [0.4, 0.5) is 0 Å². The van der Waals surface area contributed by atoms with Gasteiger partial charge in [-0.2, -0.15) is 0 Å². The summed E-state index contributed by atoms with van der Waals surface area (Å²) in [6, 6.07) is 21.9. The van der Waals surface area contributed by atoms with E-state index in [4.69, 9.17) is 9.47 Å². The lowest BCUT2D eigenvalue weighted by atomic mass is 9.99. The van der Waals surface area contributed by atoms with E-state index in [0.717, 1.165) is 36.3 Å². The molecular formula is C42H54N6O7. The molecule has 2 aliphatic rings. The Balaban J connectivity index is 1.39. The third-order valence-electron chi connectivity index (χ3n) is 9.95. The van der Waals surface area contributed by atoms with Gasteiger partial charge in [0.05, 0.1) is 24.8 Å². The zero-order valence-corrected chi connectivity index (χ0v) is 32.3. The number of hydrogen-bond donors (Lipinski definition) is 4. The minimum absolute atomic E-state index is 0.000385. The maximum absolute atomic E-state index is 14.0. The maximum atomic E-state index is 14.0. The number of carbonyl (C=O) groups excluding carboxylic acids is 5. The monoisotopic (exact) mass is 754 g/mol. The molecule has 0 bridgehead atoms. The lowest BCUT2D eigenvalue weighted by Crippen LogP contribution is -2.53. The number of morpholine rings is 1. The Morgan fingerprint density at radius 2 is 1.55 bits per heavy atom. The van der Waals surface area contributed by atoms with Gasteiger partial charge < -0.3 is 35.6 Å². The standard InChI is InChI=1S/C42H54N6O7/c1-29-41(53)47(4)33(24-30-12-6-5-7-13-30)28-55-36-17-11-10-16-34(36)39(51)45-35(18-19-37(49)46-42(2,3)25-38(50)44-29)40(52)43-26-31-14-8-9-15-32(31)27-48-20-22-54-23-21-48/h5-17,29,33,35H,18-28H2,1-4H3,(H,43,52)(H,44,50)(H,45,51)(H,46,49)/t29-,33-,35-/m0/s1. The number of hydrogen-bond acceptors (Lipinski definition) is 8. The van der Waals surface area contributed by atoms with Gasteiger partial charge >= 0.3 is 0 Å². The van der Waals surface area contributed by atoms with Crippen LogP contribution in [0.15, 0.2) is 78.9 Å². The van der Waals surface area contributed by atoms with E-state index >= 15 is 0 Å². The normalized spacial score (nSPS) is 22.0. The Morgan fingerprint density at radius 1 is 0.873 bits per heavy atom. The fourth-order valence-electron chi connectivity index (χ4n) is 6.86. The van der Waals surface area contributed by atoms with Gasteiger partial charge in [0, 0.05) is 51.6 Å². The summed E-state index contributed by atoms with van der Waals surface area (Å²) in [4.78, 5) is 71.8. The molecule has 0 saturated carbocycles. The van der Waals surface area contributed by atoms with Crippen molar-refractivity contribution >= 4 is 29.5 Å². The number of rotatable bonds is 7. The molecule has 55 heavy (non-hydrogen) atoms. The number of nitrogens with zero attached hydrogens (tertiary/aromatic N) is 2. The molecule has 0 spiro atoms. The Kier molecular flexibility index (Phi) is 14.4. The second kappa shape index (κ2) is 19.4. The molecule has 294 valence electrons. The molecule has 4 N–H and O–H groups in total. The smallest absolute Gasteiger partial charge is 0.255 e. The number of amides is 5. The fourth-order valence-corrected chi connectivity index (χ4v) is 6.86. The third kappa shape index (κ3) is 12.1. The minimum atomic E-state index is -1.07. The zero-order chi connectivity index (χ0) is 39.4. The molecule has 3 atom stereocenters. The van der Waals surface area contributed by atoms with Crippen LogP contribution in [-0.4, -0.2) is 103 Å². The molecule has 2 heterocycles. The number of likely N-dealkylation sites (N-methyl/N-ethyl adjacent to an activating group) is 1. The molecule has 5 rings (SSSR count). The van der Waals surface area contributed by atoms with E-state index in [1.54, 1.807) is 57.0 Å². The number of carbonyl (C=O) groups is 5. The lowest BCUT2D eigenvalue weighted by molar-refractivity contribution is -0.137.